The minimum absolute atomic E-state index is 0.0219. The van der Waals surface area contributed by atoms with Crippen molar-refractivity contribution in [1.29, 1.82) is 0 Å². The maximum atomic E-state index is 11.0. The van der Waals surface area contributed by atoms with Gasteiger partial charge in [-0.2, -0.15) is 0 Å². The molecule has 0 amide bonds. The van der Waals surface area contributed by atoms with Crippen molar-refractivity contribution in [1.82, 2.24) is 0 Å². The van der Waals surface area contributed by atoms with Gasteiger partial charge >= 0.3 is 0 Å². The first kappa shape index (κ1) is 10.3. The predicted molar refractivity (Wildman–Crippen MR) is 58.9 cm³/mol. The number of rotatable bonds is 3. The number of benzene rings is 1. The topological polar surface area (TPSA) is 87.6 Å². The first-order chi connectivity index (χ1) is 8.16. The molecule has 3 rings (SSSR count). The highest BCUT2D eigenvalue weighted by molar-refractivity contribution is 5.56. The molecule has 17 heavy (non-hydrogen) atoms. The molecule has 0 aromatic heterocycles. The first-order valence-corrected chi connectivity index (χ1v) is 5.50. The van der Waals surface area contributed by atoms with Crippen molar-refractivity contribution in [3.63, 3.8) is 0 Å². The average molecular weight is 236 g/mol. The van der Waals surface area contributed by atoms with E-state index in [1.165, 1.54) is 6.07 Å². The van der Waals surface area contributed by atoms with Crippen molar-refractivity contribution in [2.24, 2.45) is 11.7 Å². The Morgan fingerprint density at radius 3 is 2.59 bits per heavy atom. The first-order valence-electron chi connectivity index (χ1n) is 5.50. The number of hydrogen-bond acceptors (Lipinski definition) is 5. The van der Waals surface area contributed by atoms with Gasteiger partial charge in [0.25, 0.3) is 5.69 Å². The Kier molecular flexibility index (Phi) is 2.19. The largest absolute Gasteiger partial charge is 0.454 e. The molecule has 2 N–H and O–H groups in total. The number of nitro benzene ring substituents is 1. The van der Waals surface area contributed by atoms with Gasteiger partial charge in [0, 0.05) is 6.04 Å². The molecule has 1 atom stereocenters. The van der Waals surface area contributed by atoms with E-state index in [1.807, 2.05) is 0 Å². The number of fused-ring (bicyclic) bond motifs is 1. The Morgan fingerprint density at radius 1 is 1.35 bits per heavy atom. The molecule has 1 saturated carbocycles. The second kappa shape index (κ2) is 3.59. The van der Waals surface area contributed by atoms with Gasteiger partial charge in [-0.15, -0.1) is 0 Å². The van der Waals surface area contributed by atoms with Gasteiger partial charge in [0.05, 0.1) is 16.6 Å². The van der Waals surface area contributed by atoms with Gasteiger partial charge in [-0.25, -0.2) is 0 Å². The lowest BCUT2D eigenvalue weighted by atomic mass is 10.0. The summed E-state index contributed by atoms with van der Waals surface area (Å²) in [5.74, 6) is 1.32. The van der Waals surface area contributed by atoms with Crippen LogP contribution in [0, 0.1) is 16.0 Å². The smallest absolute Gasteiger partial charge is 0.278 e. The van der Waals surface area contributed by atoms with Crippen molar-refractivity contribution in [2.75, 3.05) is 6.79 Å². The van der Waals surface area contributed by atoms with Crippen LogP contribution in [0.5, 0.6) is 11.5 Å². The molecule has 6 heteroatoms. The molecule has 1 aromatic carbocycles. The maximum absolute atomic E-state index is 11.0. The van der Waals surface area contributed by atoms with Crippen molar-refractivity contribution >= 4 is 5.69 Å². The Hall–Kier alpha value is -1.82. The summed E-state index contributed by atoms with van der Waals surface area (Å²) in [6, 6.07) is 2.76. The van der Waals surface area contributed by atoms with Crippen LogP contribution in [0.2, 0.25) is 0 Å². The highest BCUT2D eigenvalue weighted by Crippen LogP contribution is 2.46. The summed E-state index contributed by atoms with van der Waals surface area (Å²) in [5.41, 5.74) is 6.60. The lowest BCUT2D eigenvalue weighted by molar-refractivity contribution is -0.385. The predicted octanol–water partition coefficient (Wildman–Crippen LogP) is 1.73. The molecular formula is C11H12N2O4. The van der Waals surface area contributed by atoms with Crippen LogP contribution in [0.25, 0.3) is 0 Å². The molecule has 0 unspecified atom stereocenters. The zero-order valence-corrected chi connectivity index (χ0v) is 9.09. The summed E-state index contributed by atoms with van der Waals surface area (Å²) >= 11 is 0. The molecule has 1 aliphatic carbocycles. The molecule has 0 saturated heterocycles. The minimum Gasteiger partial charge on any atom is -0.454 e. The van der Waals surface area contributed by atoms with Crippen molar-refractivity contribution < 1.29 is 14.4 Å². The number of nitro groups is 1. The van der Waals surface area contributed by atoms with Gasteiger partial charge in [-0.05, 0) is 24.8 Å². The van der Waals surface area contributed by atoms with Crippen LogP contribution in [-0.4, -0.2) is 11.7 Å². The van der Waals surface area contributed by atoms with Gasteiger partial charge in [0.1, 0.15) is 0 Å². The lowest BCUT2D eigenvalue weighted by Crippen LogP contribution is -2.14. The van der Waals surface area contributed by atoms with Gasteiger partial charge in [-0.3, -0.25) is 10.1 Å². The SMILES string of the molecule is N[C@@H](c1cc2c(cc1[N+](=O)[O-])OCO2)C1CC1. The number of nitrogens with zero attached hydrogens (tertiary/aromatic N) is 1. The van der Waals surface area contributed by atoms with Crippen molar-refractivity contribution in [3.8, 4) is 11.5 Å². The van der Waals surface area contributed by atoms with E-state index in [4.69, 9.17) is 15.2 Å². The van der Waals surface area contributed by atoms with E-state index >= 15 is 0 Å². The second-order valence-electron chi connectivity index (χ2n) is 4.38. The van der Waals surface area contributed by atoms with Crippen LogP contribution < -0.4 is 15.2 Å². The summed E-state index contributed by atoms with van der Waals surface area (Å²) < 4.78 is 10.4. The fraction of sp³-hybridized carbons (Fsp3) is 0.455. The van der Waals surface area contributed by atoms with E-state index in [0.717, 1.165) is 12.8 Å². The molecule has 1 aromatic rings. The zero-order valence-electron chi connectivity index (χ0n) is 9.09. The molecule has 90 valence electrons. The molecule has 0 bridgehead atoms. The maximum Gasteiger partial charge on any atom is 0.278 e. The van der Waals surface area contributed by atoms with Gasteiger partial charge < -0.3 is 15.2 Å². The molecule has 1 heterocycles. The Morgan fingerprint density at radius 2 is 2.00 bits per heavy atom. The number of ether oxygens (including phenoxy) is 2. The van der Waals surface area contributed by atoms with Crippen molar-refractivity contribution in [3.05, 3.63) is 27.8 Å². The fourth-order valence-electron chi connectivity index (χ4n) is 2.08. The van der Waals surface area contributed by atoms with E-state index in [9.17, 15) is 10.1 Å². The molecule has 0 spiro atoms. The van der Waals surface area contributed by atoms with E-state index in [1.54, 1.807) is 6.07 Å². The van der Waals surface area contributed by atoms with Crippen LogP contribution in [0.4, 0.5) is 5.69 Å². The average Bonchev–Trinajstić information content (AvgIpc) is 3.05. The summed E-state index contributed by atoms with van der Waals surface area (Å²) in [6.45, 7) is 0.106. The highest BCUT2D eigenvalue weighted by Gasteiger charge is 2.35. The molecular weight excluding hydrogens is 224 g/mol. The Labute approximate surface area is 97.5 Å². The fourth-order valence-corrected chi connectivity index (χ4v) is 2.08. The van der Waals surface area contributed by atoms with Gasteiger partial charge in [-0.1, -0.05) is 0 Å². The molecule has 1 aliphatic heterocycles. The van der Waals surface area contributed by atoms with E-state index in [0.29, 0.717) is 23.0 Å². The second-order valence-corrected chi connectivity index (χ2v) is 4.38. The third kappa shape index (κ3) is 1.70. The summed E-state index contributed by atoms with van der Waals surface area (Å²) in [4.78, 5) is 10.6. The van der Waals surface area contributed by atoms with E-state index in [2.05, 4.69) is 0 Å². The molecule has 2 aliphatic rings. The monoisotopic (exact) mass is 236 g/mol. The van der Waals surface area contributed by atoms with Crippen LogP contribution in [-0.2, 0) is 0 Å². The Bertz CT molecular complexity index is 485. The van der Waals surface area contributed by atoms with Crippen LogP contribution in [0.3, 0.4) is 0 Å². The van der Waals surface area contributed by atoms with Crippen LogP contribution >= 0.6 is 0 Å². The van der Waals surface area contributed by atoms with Crippen molar-refractivity contribution in [2.45, 2.75) is 18.9 Å². The minimum atomic E-state index is -0.417. The molecule has 1 fully saturated rings. The zero-order chi connectivity index (χ0) is 12.0. The van der Waals surface area contributed by atoms with Crippen LogP contribution in [0.15, 0.2) is 12.1 Å². The lowest BCUT2D eigenvalue weighted by Gasteiger charge is -2.11. The van der Waals surface area contributed by atoms with Crippen LogP contribution in [0.1, 0.15) is 24.4 Å². The van der Waals surface area contributed by atoms with E-state index in [-0.39, 0.29) is 18.5 Å². The molecule has 6 nitrogen and oxygen atoms in total. The number of nitrogens with two attached hydrogens (primary N) is 1. The third-order valence-electron chi connectivity index (χ3n) is 3.21. The molecule has 0 radical (unpaired) electrons. The summed E-state index contributed by atoms with van der Waals surface area (Å²) in [5, 5.41) is 11.0. The summed E-state index contributed by atoms with van der Waals surface area (Å²) in [7, 11) is 0. The Balaban J connectivity index is 2.07. The normalized spacial score (nSPS) is 19.1. The number of hydrogen-bond donors (Lipinski definition) is 1. The standard InChI is InChI=1S/C11H12N2O4/c12-11(6-1-2-6)7-3-9-10(17-5-16-9)4-8(7)13(14)15/h3-4,6,11H,1-2,5,12H2/t11-/m1/s1. The van der Waals surface area contributed by atoms with Gasteiger partial charge in [0.2, 0.25) is 6.79 Å². The highest BCUT2D eigenvalue weighted by atomic mass is 16.7. The quantitative estimate of drug-likeness (QED) is 0.637. The van der Waals surface area contributed by atoms with E-state index < -0.39 is 4.92 Å². The summed E-state index contributed by atoms with van der Waals surface area (Å²) in [6.07, 6.45) is 2.07. The van der Waals surface area contributed by atoms with Gasteiger partial charge in [0.15, 0.2) is 11.5 Å². The third-order valence-corrected chi connectivity index (χ3v) is 3.21.